The van der Waals surface area contributed by atoms with Crippen LogP contribution in [0, 0.1) is 19.8 Å². The first-order valence-corrected chi connectivity index (χ1v) is 10.4. The van der Waals surface area contributed by atoms with Crippen molar-refractivity contribution >= 4 is 11.9 Å². The number of aryl methyl sites for hydroxylation is 2. The second-order valence-electron chi connectivity index (χ2n) is 8.18. The molecule has 0 bridgehead atoms. The van der Waals surface area contributed by atoms with Crippen LogP contribution in [0.4, 0.5) is 0 Å². The van der Waals surface area contributed by atoms with Gasteiger partial charge >= 0.3 is 5.97 Å². The van der Waals surface area contributed by atoms with Crippen LogP contribution in [-0.4, -0.2) is 41.2 Å². The van der Waals surface area contributed by atoms with Gasteiger partial charge in [0.2, 0.25) is 0 Å². The predicted octanol–water partition coefficient (Wildman–Crippen LogP) is 3.90. The van der Waals surface area contributed by atoms with Crippen molar-refractivity contribution in [2.45, 2.75) is 59.6 Å². The number of carbonyl (C=O) groups is 2. The molecule has 0 saturated carbocycles. The Morgan fingerprint density at radius 1 is 1.10 bits per heavy atom. The number of esters is 1. The number of hydrogen-bond acceptors (Lipinski definition) is 6. The van der Waals surface area contributed by atoms with Gasteiger partial charge in [-0.3, -0.25) is 4.79 Å². The highest BCUT2D eigenvalue weighted by Crippen LogP contribution is 2.32. The molecule has 1 aromatic carbocycles. The van der Waals surface area contributed by atoms with E-state index < -0.39 is 24.0 Å². The lowest BCUT2D eigenvalue weighted by molar-refractivity contribution is -0.151. The van der Waals surface area contributed by atoms with Gasteiger partial charge in [0.1, 0.15) is 12.1 Å². The summed E-state index contributed by atoms with van der Waals surface area (Å²) in [6, 6.07) is 6.78. The SMILES string of the molecule is COc1ccnc(C(=O)N[C@@H](C)C(=O)O[C@@H](C)[C@H](c2ccc(C)cc2C)C(C)C)c1O. The molecule has 1 aromatic heterocycles. The molecule has 0 aliphatic rings. The van der Waals surface area contributed by atoms with Gasteiger partial charge in [0, 0.05) is 18.2 Å². The average Bonchev–Trinajstić information content (AvgIpc) is 2.69. The number of carbonyl (C=O) groups excluding carboxylic acids is 2. The topological polar surface area (TPSA) is 97.8 Å². The zero-order valence-electron chi connectivity index (χ0n) is 19.2. The molecular weight excluding hydrogens is 396 g/mol. The number of benzene rings is 1. The molecule has 0 unspecified atom stereocenters. The summed E-state index contributed by atoms with van der Waals surface area (Å²) in [6.07, 6.45) is 0.951. The number of hydrogen-bond donors (Lipinski definition) is 2. The number of aromatic nitrogens is 1. The lowest BCUT2D eigenvalue weighted by atomic mass is 9.82. The van der Waals surface area contributed by atoms with Crippen molar-refractivity contribution in [3.8, 4) is 11.5 Å². The number of methoxy groups -OCH3 is 1. The first-order valence-electron chi connectivity index (χ1n) is 10.4. The number of rotatable bonds is 8. The summed E-state index contributed by atoms with van der Waals surface area (Å²) in [4.78, 5) is 29.0. The molecule has 2 rings (SSSR count). The first-order chi connectivity index (χ1) is 14.6. The van der Waals surface area contributed by atoms with Gasteiger partial charge in [0.05, 0.1) is 7.11 Å². The van der Waals surface area contributed by atoms with Crippen LogP contribution in [0.25, 0.3) is 0 Å². The van der Waals surface area contributed by atoms with E-state index in [1.54, 1.807) is 0 Å². The third-order valence-electron chi connectivity index (χ3n) is 5.33. The zero-order chi connectivity index (χ0) is 23.3. The quantitative estimate of drug-likeness (QED) is 0.619. The van der Waals surface area contributed by atoms with E-state index in [4.69, 9.17) is 9.47 Å². The van der Waals surface area contributed by atoms with E-state index in [0.717, 1.165) is 11.1 Å². The summed E-state index contributed by atoms with van der Waals surface area (Å²) in [5.74, 6) is -1.26. The van der Waals surface area contributed by atoms with E-state index in [1.807, 2.05) is 13.8 Å². The molecule has 0 fully saturated rings. The lowest BCUT2D eigenvalue weighted by Crippen LogP contribution is -2.42. The van der Waals surface area contributed by atoms with Crippen molar-refractivity contribution in [2.24, 2.45) is 5.92 Å². The molecule has 0 aliphatic heterocycles. The van der Waals surface area contributed by atoms with Crippen LogP contribution in [0.5, 0.6) is 11.5 Å². The maximum atomic E-state index is 12.7. The third-order valence-corrected chi connectivity index (χ3v) is 5.33. The minimum absolute atomic E-state index is 0.0107. The number of aromatic hydroxyl groups is 1. The summed E-state index contributed by atoms with van der Waals surface area (Å²) >= 11 is 0. The molecule has 0 radical (unpaired) electrons. The average molecular weight is 429 g/mol. The second kappa shape index (κ2) is 10.3. The molecule has 1 heterocycles. The van der Waals surface area contributed by atoms with Gasteiger partial charge in [-0.15, -0.1) is 0 Å². The Labute approximate surface area is 183 Å². The van der Waals surface area contributed by atoms with Crippen LogP contribution in [0.3, 0.4) is 0 Å². The Morgan fingerprint density at radius 3 is 2.35 bits per heavy atom. The Bertz CT molecular complexity index is 942. The summed E-state index contributed by atoms with van der Waals surface area (Å²) in [5, 5.41) is 12.6. The Hall–Kier alpha value is -3.09. The molecule has 168 valence electrons. The normalized spacial score (nSPS) is 13.9. The molecule has 7 heteroatoms. The highest BCUT2D eigenvalue weighted by Gasteiger charge is 2.29. The number of pyridine rings is 1. The summed E-state index contributed by atoms with van der Waals surface area (Å²) in [6.45, 7) is 11.7. The van der Waals surface area contributed by atoms with Crippen molar-refractivity contribution in [1.82, 2.24) is 10.3 Å². The van der Waals surface area contributed by atoms with Crippen LogP contribution < -0.4 is 10.1 Å². The monoisotopic (exact) mass is 428 g/mol. The van der Waals surface area contributed by atoms with Gasteiger partial charge in [-0.05, 0) is 44.7 Å². The number of nitrogens with zero attached hydrogens (tertiary/aromatic N) is 1. The number of amides is 1. The van der Waals surface area contributed by atoms with Crippen LogP contribution in [0.1, 0.15) is 60.8 Å². The minimum atomic E-state index is -0.922. The molecule has 1 amide bonds. The molecule has 3 atom stereocenters. The van der Waals surface area contributed by atoms with E-state index >= 15 is 0 Å². The van der Waals surface area contributed by atoms with Gasteiger partial charge in [0.15, 0.2) is 17.2 Å². The zero-order valence-corrected chi connectivity index (χ0v) is 19.2. The highest BCUT2D eigenvalue weighted by atomic mass is 16.5. The van der Waals surface area contributed by atoms with Crippen molar-refractivity contribution < 1.29 is 24.2 Å². The van der Waals surface area contributed by atoms with Crippen LogP contribution in [0.15, 0.2) is 30.5 Å². The number of ether oxygens (including phenoxy) is 2. The van der Waals surface area contributed by atoms with Gasteiger partial charge in [-0.1, -0.05) is 37.6 Å². The van der Waals surface area contributed by atoms with E-state index in [0.29, 0.717) is 0 Å². The Morgan fingerprint density at radius 2 is 1.77 bits per heavy atom. The van der Waals surface area contributed by atoms with E-state index in [1.165, 1.54) is 31.9 Å². The highest BCUT2D eigenvalue weighted by molar-refractivity contribution is 5.97. The number of nitrogens with one attached hydrogen (secondary N) is 1. The first kappa shape index (κ1) is 24.2. The molecule has 2 N–H and O–H groups in total. The fourth-order valence-corrected chi connectivity index (χ4v) is 3.80. The van der Waals surface area contributed by atoms with E-state index in [9.17, 15) is 14.7 Å². The fraction of sp³-hybridized carbons (Fsp3) is 0.458. The van der Waals surface area contributed by atoms with Crippen LogP contribution in [0.2, 0.25) is 0 Å². The molecular formula is C24H32N2O5. The Balaban J connectivity index is 2.11. The molecule has 0 aliphatic carbocycles. The van der Waals surface area contributed by atoms with Gasteiger partial charge < -0.3 is 19.9 Å². The van der Waals surface area contributed by atoms with Crippen LogP contribution >= 0.6 is 0 Å². The van der Waals surface area contributed by atoms with Crippen molar-refractivity contribution in [3.05, 3.63) is 52.8 Å². The smallest absolute Gasteiger partial charge is 0.328 e. The maximum absolute atomic E-state index is 12.7. The van der Waals surface area contributed by atoms with Crippen molar-refractivity contribution in [1.29, 1.82) is 0 Å². The maximum Gasteiger partial charge on any atom is 0.328 e. The Kier molecular flexibility index (Phi) is 8.02. The third kappa shape index (κ3) is 5.75. The summed E-state index contributed by atoms with van der Waals surface area (Å²) < 4.78 is 10.7. The lowest BCUT2D eigenvalue weighted by Gasteiger charge is -2.30. The molecule has 0 saturated heterocycles. The molecule has 0 spiro atoms. The van der Waals surface area contributed by atoms with E-state index in [2.05, 4.69) is 49.3 Å². The predicted molar refractivity (Wildman–Crippen MR) is 118 cm³/mol. The second-order valence-corrected chi connectivity index (χ2v) is 8.18. The minimum Gasteiger partial charge on any atom is -0.503 e. The summed E-state index contributed by atoms with van der Waals surface area (Å²) in [7, 11) is 1.37. The molecule has 7 nitrogen and oxygen atoms in total. The van der Waals surface area contributed by atoms with Crippen LogP contribution in [-0.2, 0) is 9.53 Å². The van der Waals surface area contributed by atoms with Crippen molar-refractivity contribution in [3.63, 3.8) is 0 Å². The van der Waals surface area contributed by atoms with Crippen molar-refractivity contribution in [2.75, 3.05) is 7.11 Å². The summed E-state index contributed by atoms with van der Waals surface area (Å²) in [5.41, 5.74) is 3.26. The molecule has 31 heavy (non-hydrogen) atoms. The van der Waals surface area contributed by atoms with E-state index in [-0.39, 0.29) is 29.0 Å². The van der Waals surface area contributed by atoms with Gasteiger partial charge in [0.25, 0.3) is 5.91 Å². The van der Waals surface area contributed by atoms with Gasteiger partial charge in [-0.25, -0.2) is 9.78 Å². The standard InChI is InChI=1S/C24H32N2O5/c1-13(2)20(18-9-8-14(3)12-15(18)4)17(6)31-24(29)16(5)26-23(28)21-22(27)19(30-7)10-11-25-21/h8-13,16-17,20,27H,1-7H3,(H,26,28)/t16-,17-,20+/m0/s1. The largest absolute Gasteiger partial charge is 0.503 e. The van der Waals surface area contributed by atoms with Gasteiger partial charge in [-0.2, -0.15) is 0 Å². The molecule has 2 aromatic rings. The fourth-order valence-electron chi connectivity index (χ4n) is 3.80.